The maximum Gasteiger partial charge on any atom is 0.224 e. The van der Waals surface area contributed by atoms with Crippen LogP contribution in [0.5, 0.6) is 5.75 Å². The molecule has 134 valence electrons. The average Bonchev–Trinajstić information content (AvgIpc) is 3.21. The van der Waals surface area contributed by atoms with Crippen LogP contribution in [0.2, 0.25) is 0 Å². The molecular weight excluding hydrogens is 330 g/mol. The molecule has 0 unspecified atom stereocenters. The minimum atomic E-state index is -0.0218. The zero-order chi connectivity index (χ0) is 18.2. The van der Waals surface area contributed by atoms with Crippen molar-refractivity contribution in [1.82, 2.24) is 25.5 Å². The number of nitrogens with one attached hydrogen (secondary N) is 1. The molecule has 3 rings (SSSR count). The van der Waals surface area contributed by atoms with E-state index in [1.165, 1.54) is 6.33 Å². The molecule has 3 aromatic rings. The number of aromatic nitrogens is 4. The van der Waals surface area contributed by atoms with Gasteiger partial charge >= 0.3 is 0 Å². The van der Waals surface area contributed by atoms with E-state index in [4.69, 9.17) is 4.74 Å². The van der Waals surface area contributed by atoms with Gasteiger partial charge in [-0.25, -0.2) is 4.68 Å². The zero-order valence-corrected chi connectivity index (χ0v) is 14.6. The highest BCUT2D eigenvalue weighted by molar-refractivity contribution is 5.78. The molecule has 0 aliphatic heterocycles. The van der Waals surface area contributed by atoms with E-state index in [9.17, 15) is 4.79 Å². The van der Waals surface area contributed by atoms with Gasteiger partial charge in [-0.2, -0.15) is 0 Å². The summed E-state index contributed by atoms with van der Waals surface area (Å²) in [6.45, 7) is 3.28. The number of carbonyl (C=O) groups is 1. The summed E-state index contributed by atoms with van der Waals surface area (Å²) >= 11 is 0. The Hall–Kier alpha value is -3.22. The fourth-order valence-electron chi connectivity index (χ4n) is 2.42. The number of ether oxygens (including phenoxy) is 1. The third kappa shape index (κ3) is 4.89. The molecule has 0 spiro atoms. The molecule has 1 amide bonds. The van der Waals surface area contributed by atoms with Crippen LogP contribution in [0.4, 0.5) is 0 Å². The largest absolute Gasteiger partial charge is 0.494 e. The van der Waals surface area contributed by atoms with Crippen molar-refractivity contribution < 1.29 is 9.53 Å². The van der Waals surface area contributed by atoms with Crippen LogP contribution in [0.3, 0.4) is 0 Å². The fourth-order valence-corrected chi connectivity index (χ4v) is 2.42. The first kappa shape index (κ1) is 17.6. The lowest BCUT2D eigenvalue weighted by molar-refractivity contribution is -0.120. The average molecular weight is 351 g/mol. The highest BCUT2D eigenvalue weighted by atomic mass is 16.5. The highest BCUT2D eigenvalue weighted by Crippen LogP contribution is 2.12. The van der Waals surface area contributed by atoms with Gasteiger partial charge in [0.15, 0.2) is 0 Å². The van der Waals surface area contributed by atoms with Gasteiger partial charge in [0.2, 0.25) is 5.91 Å². The molecule has 0 radical (unpaired) electrons. The standard InChI is InChI=1S/C19H21N5O2/c1-2-11-26-18-9-5-16(6-10-18)13-20-19(25)12-15-3-7-17(8-4-15)24-14-21-22-23-24/h3-10,14H,2,11-13H2,1H3,(H,20,25). The Kier molecular flexibility index (Phi) is 5.92. The fraction of sp³-hybridized carbons (Fsp3) is 0.263. The third-order valence-electron chi connectivity index (χ3n) is 3.80. The molecule has 0 aliphatic rings. The molecule has 1 aromatic heterocycles. The second kappa shape index (κ2) is 8.75. The molecule has 0 atom stereocenters. The quantitative estimate of drug-likeness (QED) is 0.673. The van der Waals surface area contributed by atoms with Crippen LogP contribution in [0, 0.1) is 0 Å². The van der Waals surface area contributed by atoms with E-state index in [1.807, 2.05) is 48.5 Å². The highest BCUT2D eigenvalue weighted by Gasteiger charge is 2.05. The third-order valence-corrected chi connectivity index (χ3v) is 3.80. The monoisotopic (exact) mass is 351 g/mol. The van der Waals surface area contributed by atoms with E-state index in [2.05, 4.69) is 27.8 Å². The first-order chi connectivity index (χ1) is 12.7. The lowest BCUT2D eigenvalue weighted by atomic mass is 10.1. The summed E-state index contributed by atoms with van der Waals surface area (Å²) in [4.78, 5) is 12.1. The predicted molar refractivity (Wildman–Crippen MR) is 96.9 cm³/mol. The number of amides is 1. The molecule has 1 N–H and O–H groups in total. The second-order valence-corrected chi connectivity index (χ2v) is 5.87. The minimum Gasteiger partial charge on any atom is -0.494 e. The van der Waals surface area contributed by atoms with Gasteiger partial charge in [0.1, 0.15) is 12.1 Å². The number of hydrogen-bond acceptors (Lipinski definition) is 5. The van der Waals surface area contributed by atoms with Crippen molar-refractivity contribution >= 4 is 5.91 Å². The van der Waals surface area contributed by atoms with Gasteiger partial charge in [0, 0.05) is 6.54 Å². The van der Waals surface area contributed by atoms with Crippen LogP contribution < -0.4 is 10.1 Å². The molecule has 0 saturated heterocycles. The molecule has 0 fully saturated rings. The molecule has 0 saturated carbocycles. The van der Waals surface area contributed by atoms with Crippen LogP contribution >= 0.6 is 0 Å². The van der Waals surface area contributed by atoms with E-state index in [0.717, 1.165) is 29.0 Å². The maximum atomic E-state index is 12.1. The number of carbonyl (C=O) groups excluding carboxylic acids is 1. The van der Waals surface area contributed by atoms with E-state index in [1.54, 1.807) is 4.68 Å². The van der Waals surface area contributed by atoms with Gasteiger partial charge < -0.3 is 10.1 Å². The number of nitrogens with zero attached hydrogens (tertiary/aromatic N) is 4. The van der Waals surface area contributed by atoms with Crippen LogP contribution in [-0.4, -0.2) is 32.7 Å². The van der Waals surface area contributed by atoms with E-state index >= 15 is 0 Å². The van der Waals surface area contributed by atoms with E-state index in [-0.39, 0.29) is 5.91 Å². The predicted octanol–water partition coefficient (Wildman–Crippen LogP) is 2.31. The maximum absolute atomic E-state index is 12.1. The summed E-state index contributed by atoms with van der Waals surface area (Å²) < 4.78 is 7.12. The van der Waals surface area contributed by atoms with Gasteiger partial charge in [-0.1, -0.05) is 31.2 Å². The molecule has 7 nitrogen and oxygen atoms in total. The lowest BCUT2D eigenvalue weighted by Gasteiger charge is -2.08. The Balaban J connectivity index is 1.48. The van der Waals surface area contributed by atoms with Crippen molar-refractivity contribution in [2.45, 2.75) is 26.3 Å². The summed E-state index contributed by atoms with van der Waals surface area (Å²) in [5.74, 6) is 0.830. The Morgan fingerprint density at radius 3 is 2.46 bits per heavy atom. The molecule has 1 heterocycles. The smallest absolute Gasteiger partial charge is 0.224 e. The Morgan fingerprint density at radius 2 is 1.81 bits per heavy atom. The van der Waals surface area contributed by atoms with Crippen molar-refractivity contribution in [1.29, 1.82) is 0 Å². The van der Waals surface area contributed by atoms with Gasteiger partial charge in [-0.05, 0) is 52.2 Å². The van der Waals surface area contributed by atoms with Gasteiger partial charge in [0.25, 0.3) is 0 Å². The summed E-state index contributed by atoms with van der Waals surface area (Å²) in [5.41, 5.74) is 2.82. The SMILES string of the molecule is CCCOc1ccc(CNC(=O)Cc2ccc(-n3cnnn3)cc2)cc1. The first-order valence-electron chi connectivity index (χ1n) is 8.55. The van der Waals surface area contributed by atoms with E-state index < -0.39 is 0 Å². The second-order valence-electron chi connectivity index (χ2n) is 5.87. The number of benzene rings is 2. The van der Waals surface area contributed by atoms with E-state index in [0.29, 0.717) is 19.6 Å². The van der Waals surface area contributed by atoms with Crippen molar-refractivity contribution in [3.8, 4) is 11.4 Å². The zero-order valence-electron chi connectivity index (χ0n) is 14.6. The van der Waals surface area contributed by atoms with Gasteiger partial charge in [0.05, 0.1) is 18.7 Å². The van der Waals surface area contributed by atoms with Crippen molar-refractivity contribution in [3.05, 3.63) is 66.0 Å². The summed E-state index contributed by atoms with van der Waals surface area (Å²) in [7, 11) is 0. The van der Waals surface area contributed by atoms with Crippen molar-refractivity contribution in [2.75, 3.05) is 6.61 Å². The van der Waals surface area contributed by atoms with Crippen LogP contribution in [0.25, 0.3) is 5.69 Å². The molecule has 0 aliphatic carbocycles. The number of hydrogen-bond donors (Lipinski definition) is 1. The van der Waals surface area contributed by atoms with Crippen LogP contribution in [0.15, 0.2) is 54.9 Å². The molecule has 0 bridgehead atoms. The first-order valence-corrected chi connectivity index (χ1v) is 8.55. The molecule has 26 heavy (non-hydrogen) atoms. The molecule has 2 aromatic carbocycles. The molecular formula is C19H21N5O2. The minimum absolute atomic E-state index is 0.0218. The van der Waals surface area contributed by atoms with Gasteiger partial charge in [-0.15, -0.1) is 5.10 Å². The topological polar surface area (TPSA) is 81.9 Å². The Morgan fingerprint density at radius 1 is 1.08 bits per heavy atom. The van der Waals surface area contributed by atoms with Crippen molar-refractivity contribution in [3.63, 3.8) is 0 Å². The number of rotatable bonds is 8. The Labute approximate surface area is 152 Å². The van der Waals surface area contributed by atoms with Crippen LogP contribution in [0.1, 0.15) is 24.5 Å². The van der Waals surface area contributed by atoms with Crippen LogP contribution in [-0.2, 0) is 17.8 Å². The van der Waals surface area contributed by atoms with Crippen molar-refractivity contribution in [2.24, 2.45) is 0 Å². The normalized spacial score (nSPS) is 10.5. The summed E-state index contributed by atoms with van der Waals surface area (Å²) in [6, 6.07) is 15.3. The summed E-state index contributed by atoms with van der Waals surface area (Å²) in [6.07, 6.45) is 2.84. The summed E-state index contributed by atoms with van der Waals surface area (Å²) in [5, 5.41) is 14.0. The number of tetrazole rings is 1. The lowest BCUT2D eigenvalue weighted by Crippen LogP contribution is -2.24. The van der Waals surface area contributed by atoms with Gasteiger partial charge in [-0.3, -0.25) is 4.79 Å². The Bertz CT molecular complexity index is 814. The molecule has 7 heteroatoms.